The van der Waals surface area contributed by atoms with Crippen LogP contribution in [0.25, 0.3) is 0 Å². The van der Waals surface area contributed by atoms with Crippen molar-refractivity contribution in [1.82, 2.24) is 4.72 Å². The van der Waals surface area contributed by atoms with E-state index in [4.69, 9.17) is 0 Å². The number of benzene rings is 1. The molecule has 1 N–H and O–H groups in total. The quantitative estimate of drug-likeness (QED) is 0.871. The fourth-order valence-corrected chi connectivity index (χ4v) is 2.90. The van der Waals surface area contributed by atoms with Gasteiger partial charge in [0, 0.05) is 6.04 Å². The third-order valence-electron chi connectivity index (χ3n) is 3.33. The molecule has 1 aromatic carbocycles. The lowest BCUT2D eigenvalue weighted by molar-refractivity contribution is 0.460. The molecule has 0 amide bonds. The van der Waals surface area contributed by atoms with Gasteiger partial charge in [-0.1, -0.05) is 45.0 Å². The van der Waals surface area contributed by atoms with Crippen LogP contribution in [0, 0.1) is 5.92 Å². The average Bonchev–Trinajstić information content (AvgIpc) is 2.35. The van der Waals surface area contributed by atoms with Crippen molar-refractivity contribution in [2.45, 2.75) is 52.3 Å². The number of rotatable bonds is 6. The van der Waals surface area contributed by atoms with Crippen molar-refractivity contribution in [1.29, 1.82) is 0 Å². The van der Waals surface area contributed by atoms with Crippen molar-refractivity contribution in [2.24, 2.45) is 5.92 Å². The summed E-state index contributed by atoms with van der Waals surface area (Å²) < 4.78 is 26.9. The molecule has 0 bridgehead atoms. The molecule has 0 radical (unpaired) electrons. The van der Waals surface area contributed by atoms with Gasteiger partial charge in [0.05, 0.1) is 5.25 Å². The third kappa shape index (κ3) is 4.32. The zero-order valence-electron chi connectivity index (χ0n) is 12.5. The fraction of sp³-hybridized carbons (Fsp3) is 0.600. The van der Waals surface area contributed by atoms with Gasteiger partial charge < -0.3 is 0 Å². The molecule has 1 rings (SSSR count). The summed E-state index contributed by atoms with van der Waals surface area (Å²) in [7, 11) is -3.26. The standard InChI is InChI=1S/C15H25NO2S/c1-6-13-7-9-14(10-8-13)15(11(2)3)16-19(17,18)12(4)5/h7-12,15-16H,6H2,1-5H3. The monoisotopic (exact) mass is 283 g/mol. The minimum Gasteiger partial charge on any atom is -0.212 e. The second-order valence-corrected chi connectivity index (χ2v) is 7.80. The van der Waals surface area contributed by atoms with E-state index >= 15 is 0 Å². The van der Waals surface area contributed by atoms with Gasteiger partial charge in [0.2, 0.25) is 10.0 Å². The van der Waals surface area contributed by atoms with Gasteiger partial charge in [0.15, 0.2) is 0 Å². The number of nitrogens with one attached hydrogen (secondary N) is 1. The van der Waals surface area contributed by atoms with E-state index in [1.165, 1.54) is 5.56 Å². The third-order valence-corrected chi connectivity index (χ3v) is 5.15. The highest BCUT2D eigenvalue weighted by Crippen LogP contribution is 2.23. The van der Waals surface area contributed by atoms with Gasteiger partial charge in [0.1, 0.15) is 0 Å². The predicted molar refractivity (Wildman–Crippen MR) is 80.6 cm³/mol. The number of hydrogen-bond donors (Lipinski definition) is 1. The lowest BCUT2D eigenvalue weighted by Crippen LogP contribution is -2.36. The molecule has 0 saturated carbocycles. The van der Waals surface area contributed by atoms with Crippen molar-refractivity contribution in [3.05, 3.63) is 35.4 Å². The van der Waals surface area contributed by atoms with Gasteiger partial charge in [-0.25, -0.2) is 13.1 Å². The summed E-state index contributed by atoms with van der Waals surface area (Å²) in [4.78, 5) is 0. The Bertz CT molecular complexity index is 489. The molecule has 108 valence electrons. The van der Waals surface area contributed by atoms with E-state index in [9.17, 15) is 8.42 Å². The molecule has 3 nitrogen and oxygen atoms in total. The van der Waals surface area contributed by atoms with Crippen molar-refractivity contribution in [3.8, 4) is 0 Å². The first kappa shape index (κ1) is 16.2. The Labute approximate surface area is 117 Å². The SMILES string of the molecule is CCc1ccc(C(NS(=O)(=O)C(C)C)C(C)C)cc1. The summed E-state index contributed by atoms with van der Waals surface area (Å²) in [6, 6.07) is 8.00. The Morgan fingerprint density at radius 3 is 1.95 bits per heavy atom. The first-order chi connectivity index (χ1) is 8.77. The molecule has 0 aliphatic carbocycles. The highest BCUT2D eigenvalue weighted by atomic mass is 32.2. The van der Waals surface area contributed by atoms with E-state index in [1.54, 1.807) is 13.8 Å². The molecule has 1 aromatic rings. The molecule has 0 saturated heterocycles. The molecular weight excluding hydrogens is 258 g/mol. The van der Waals surface area contributed by atoms with Gasteiger partial charge in [0.25, 0.3) is 0 Å². The summed E-state index contributed by atoms with van der Waals surface area (Å²) >= 11 is 0. The van der Waals surface area contributed by atoms with Gasteiger partial charge in [-0.2, -0.15) is 0 Å². The van der Waals surface area contributed by atoms with Crippen LogP contribution >= 0.6 is 0 Å². The summed E-state index contributed by atoms with van der Waals surface area (Å²) in [6.45, 7) is 9.55. The Morgan fingerprint density at radius 1 is 1.05 bits per heavy atom. The van der Waals surface area contributed by atoms with Gasteiger partial charge >= 0.3 is 0 Å². The van der Waals surface area contributed by atoms with E-state index in [2.05, 4.69) is 23.8 Å². The summed E-state index contributed by atoms with van der Waals surface area (Å²) in [5.41, 5.74) is 2.29. The molecule has 0 fully saturated rings. The Morgan fingerprint density at radius 2 is 1.58 bits per heavy atom. The minimum absolute atomic E-state index is 0.168. The molecule has 19 heavy (non-hydrogen) atoms. The van der Waals surface area contributed by atoms with Crippen molar-refractivity contribution in [3.63, 3.8) is 0 Å². The normalized spacial score (nSPS) is 14.1. The summed E-state index contributed by atoms with van der Waals surface area (Å²) in [6.07, 6.45) is 0.990. The van der Waals surface area contributed by atoms with Crippen molar-refractivity contribution >= 4 is 10.0 Å². The molecule has 4 heteroatoms. The van der Waals surface area contributed by atoms with E-state index < -0.39 is 15.3 Å². The Kier molecular flexibility index (Phi) is 5.56. The molecule has 0 aromatic heterocycles. The van der Waals surface area contributed by atoms with E-state index in [0.717, 1.165) is 12.0 Å². The largest absolute Gasteiger partial charge is 0.214 e. The fourth-order valence-electron chi connectivity index (χ4n) is 1.86. The summed E-state index contributed by atoms with van der Waals surface area (Å²) in [5, 5.41) is -0.413. The Hall–Kier alpha value is -0.870. The predicted octanol–water partition coefficient (Wildman–Crippen LogP) is 3.27. The van der Waals surface area contributed by atoms with Crippen LogP contribution < -0.4 is 4.72 Å². The summed E-state index contributed by atoms with van der Waals surface area (Å²) in [5.74, 6) is 0.209. The van der Waals surface area contributed by atoms with Crippen LogP contribution in [0.5, 0.6) is 0 Å². The number of sulfonamides is 1. The molecular formula is C15H25NO2S. The lowest BCUT2D eigenvalue weighted by Gasteiger charge is -2.24. The van der Waals surface area contributed by atoms with Crippen LogP contribution in [-0.4, -0.2) is 13.7 Å². The van der Waals surface area contributed by atoms with Crippen molar-refractivity contribution in [2.75, 3.05) is 0 Å². The molecule has 1 unspecified atom stereocenters. The first-order valence-electron chi connectivity index (χ1n) is 6.88. The molecule has 1 atom stereocenters. The molecule has 0 aliphatic heterocycles. The zero-order chi connectivity index (χ0) is 14.6. The maximum atomic E-state index is 12.0. The Balaban J connectivity index is 3.01. The van der Waals surface area contributed by atoms with Crippen LogP contribution in [-0.2, 0) is 16.4 Å². The van der Waals surface area contributed by atoms with Crippen LogP contribution in [0.4, 0.5) is 0 Å². The van der Waals surface area contributed by atoms with Crippen LogP contribution in [0.15, 0.2) is 24.3 Å². The van der Waals surface area contributed by atoms with Crippen LogP contribution in [0.3, 0.4) is 0 Å². The van der Waals surface area contributed by atoms with Gasteiger partial charge in [-0.3, -0.25) is 0 Å². The minimum atomic E-state index is -3.26. The second-order valence-electron chi connectivity index (χ2n) is 5.53. The lowest BCUT2D eigenvalue weighted by atomic mass is 9.96. The van der Waals surface area contributed by atoms with Crippen molar-refractivity contribution < 1.29 is 8.42 Å². The number of aryl methyl sites for hydroxylation is 1. The van der Waals surface area contributed by atoms with E-state index in [0.29, 0.717) is 0 Å². The number of hydrogen-bond acceptors (Lipinski definition) is 2. The maximum absolute atomic E-state index is 12.0. The topological polar surface area (TPSA) is 46.2 Å². The van der Waals surface area contributed by atoms with Crippen LogP contribution in [0.2, 0.25) is 0 Å². The van der Waals surface area contributed by atoms with Crippen LogP contribution in [0.1, 0.15) is 51.8 Å². The maximum Gasteiger partial charge on any atom is 0.214 e. The molecule has 0 aliphatic rings. The molecule has 0 heterocycles. The smallest absolute Gasteiger partial charge is 0.212 e. The average molecular weight is 283 g/mol. The van der Waals surface area contributed by atoms with Gasteiger partial charge in [-0.05, 0) is 37.3 Å². The van der Waals surface area contributed by atoms with E-state index in [1.807, 2.05) is 26.0 Å². The second kappa shape index (κ2) is 6.53. The molecule has 0 spiro atoms. The van der Waals surface area contributed by atoms with E-state index in [-0.39, 0.29) is 12.0 Å². The first-order valence-corrected chi connectivity index (χ1v) is 8.42. The highest BCUT2D eigenvalue weighted by Gasteiger charge is 2.24. The zero-order valence-corrected chi connectivity index (χ0v) is 13.3. The van der Waals surface area contributed by atoms with Gasteiger partial charge in [-0.15, -0.1) is 0 Å². The highest BCUT2D eigenvalue weighted by molar-refractivity contribution is 7.90.